The number of hydrogen-bond acceptors (Lipinski definition) is 10. The number of aromatic nitrogens is 2. The predicted molar refractivity (Wildman–Crippen MR) is 132 cm³/mol. The molecule has 1 amide bonds. The van der Waals surface area contributed by atoms with Gasteiger partial charge in [-0.15, -0.1) is 0 Å². The van der Waals surface area contributed by atoms with Crippen LogP contribution in [-0.2, 0) is 31.9 Å². The fourth-order valence-corrected chi connectivity index (χ4v) is 4.05. The van der Waals surface area contributed by atoms with Gasteiger partial charge in [0.25, 0.3) is 5.91 Å². The molecule has 0 spiro atoms. The highest BCUT2D eigenvalue weighted by molar-refractivity contribution is 5.96. The predicted octanol–water partition coefficient (Wildman–Crippen LogP) is 1.99. The van der Waals surface area contributed by atoms with Crippen molar-refractivity contribution in [3.8, 4) is 5.88 Å². The number of carbonyl (C=O) groups is 3. The minimum Gasteiger partial charge on any atom is -0.493 e. The summed E-state index contributed by atoms with van der Waals surface area (Å²) in [6.07, 6.45) is 2.38. The fraction of sp³-hybridized carbons (Fsp3) is 0.480. The minimum absolute atomic E-state index is 0.00563. The first-order valence-corrected chi connectivity index (χ1v) is 12.1. The SMILES string of the molecule is CCOC(=O)CC[C@H](NC(=O)c1ccc(CCC2CNc3nc(N)nc(O)c3C2)cc1)C(=O)OCC. The zero-order chi connectivity index (χ0) is 26.1. The molecule has 1 aromatic carbocycles. The Hall–Kier alpha value is -3.89. The lowest BCUT2D eigenvalue weighted by molar-refractivity contribution is -0.146. The molecular weight excluding hydrogens is 466 g/mol. The highest BCUT2D eigenvalue weighted by Gasteiger charge is 2.25. The van der Waals surface area contributed by atoms with Gasteiger partial charge < -0.3 is 30.9 Å². The Labute approximate surface area is 209 Å². The van der Waals surface area contributed by atoms with Crippen LogP contribution in [0.25, 0.3) is 0 Å². The number of anilines is 2. The molecule has 0 saturated heterocycles. The number of nitrogens with one attached hydrogen (secondary N) is 2. The van der Waals surface area contributed by atoms with Gasteiger partial charge in [0.2, 0.25) is 11.8 Å². The number of amides is 1. The average Bonchev–Trinajstić information content (AvgIpc) is 2.85. The smallest absolute Gasteiger partial charge is 0.328 e. The van der Waals surface area contributed by atoms with Crippen molar-refractivity contribution in [3.05, 3.63) is 41.0 Å². The van der Waals surface area contributed by atoms with Gasteiger partial charge in [0, 0.05) is 18.5 Å². The molecule has 11 nitrogen and oxygen atoms in total. The van der Waals surface area contributed by atoms with Crippen molar-refractivity contribution in [3.63, 3.8) is 0 Å². The molecule has 5 N–H and O–H groups in total. The van der Waals surface area contributed by atoms with Gasteiger partial charge in [-0.25, -0.2) is 4.79 Å². The van der Waals surface area contributed by atoms with Crippen LogP contribution in [0.4, 0.5) is 11.8 Å². The highest BCUT2D eigenvalue weighted by Crippen LogP contribution is 2.31. The lowest BCUT2D eigenvalue weighted by Gasteiger charge is -2.25. The number of benzene rings is 1. The number of ether oxygens (including phenoxy) is 2. The molecule has 1 aliphatic rings. The van der Waals surface area contributed by atoms with Gasteiger partial charge in [0.15, 0.2) is 0 Å². The van der Waals surface area contributed by atoms with E-state index >= 15 is 0 Å². The Kier molecular flexibility index (Phi) is 9.43. The van der Waals surface area contributed by atoms with Crippen LogP contribution in [0, 0.1) is 5.92 Å². The van der Waals surface area contributed by atoms with E-state index in [9.17, 15) is 19.5 Å². The molecule has 0 fully saturated rings. The summed E-state index contributed by atoms with van der Waals surface area (Å²) in [6.45, 7) is 4.51. The number of aryl methyl sites for hydroxylation is 1. The van der Waals surface area contributed by atoms with Crippen molar-refractivity contribution in [2.45, 2.75) is 52.0 Å². The average molecular weight is 500 g/mol. The van der Waals surface area contributed by atoms with Crippen molar-refractivity contribution in [1.29, 1.82) is 0 Å². The van der Waals surface area contributed by atoms with Crippen molar-refractivity contribution in [2.24, 2.45) is 5.92 Å². The summed E-state index contributed by atoms with van der Waals surface area (Å²) in [5, 5.41) is 15.9. The molecule has 2 aromatic rings. The van der Waals surface area contributed by atoms with Gasteiger partial charge in [0.1, 0.15) is 11.9 Å². The summed E-state index contributed by atoms with van der Waals surface area (Å²) in [5.74, 6) is -0.644. The molecule has 1 unspecified atom stereocenters. The first kappa shape index (κ1) is 26.7. The molecule has 1 aliphatic heterocycles. The number of hydrogen-bond donors (Lipinski definition) is 4. The maximum Gasteiger partial charge on any atom is 0.328 e. The fourth-order valence-electron chi connectivity index (χ4n) is 4.05. The van der Waals surface area contributed by atoms with E-state index in [0.29, 0.717) is 29.9 Å². The number of fused-ring (bicyclic) bond motifs is 1. The van der Waals surface area contributed by atoms with Gasteiger partial charge in [-0.3, -0.25) is 9.59 Å². The largest absolute Gasteiger partial charge is 0.493 e. The zero-order valence-corrected chi connectivity index (χ0v) is 20.6. The van der Waals surface area contributed by atoms with E-state index in [2.05, 4.69) is 20.6 Å². The third-order valence-corrected chi connectivity index (χ3v) is 5.93. The van der Waals surface area contributed by atoms with E-state index in [0.717, 1.165) is 18.4 Å². The van der Waals surface area contributed by atoms with Crippen molar-refractivity contribution in [2.75, 3.05) is 30.8 Å². The molecule has 0 radical (unpaired) electrons. The topological polar surface area (TPSA) is 166 Å². The van der Waals surface area contributed by atoms with E-state index in [-0.39, 0.29) is 43.8 Å². The quantitative estimate of drug-likeness (QED) is 0.336. The van der Waals surface area contributed by atoms with Crippen LogP contribution in [0.5, 0.6) is 5.88 Å². The van der Waals surface area contributed by atoms with E-state index < -0.39 is 23.9 Å². The number of esters is 2. The van der Waals surface area contributed by atoms with Gasteiger partial charge >= 0.3 is 11.9 Å². The molecule has 194 valence electrons. The zero-order valence-electron chi connectivity index (χ0n) is 20.6. The highest BCUT2D eigenvalue weighted by atomic mass is 16.5. The van der Waals surface area contributed by atoms with Crippen molar-refractivity contribution < 1.29 is 29.0 Å². The summed E-state index contributed by atoms with van der Waals surface area (Å²) in [7, 11) is 0. The monoisotopic (exact) mass is 499 g/mol. The number of nitrogens with zero attached hydrogens (tertiary/aromatic N) is 2. The number of aromatic hydroxyl groups is 1. The van der Waals surface area contributed by atoms with E-state index in [1.54, 1.807) is 26.0 Å². The molecule has 3 rings (SSSR count). The molecule has 36 heavy (non-hydrogen) atoms. The minimum atomic E-state index is -0.945. The standard InChI is InChI=1S/C25H33N5O6/c1-3-35-20(31)12-11-19(24(34)36-4-2)28-22(32)17-9-7-15(8-10-17)5-6-16-13-18-21(27-14-16)29-25(26)30-23(18)33/h7-10,16,19H,3-6,11-14H2,1-2H3,(H,28,32)(H4,26,27,29,30,33)/t16?,19-/m0/s1. The maximum atomic E-state index is 12.7. The Bertz CT molecular complexity index is 1080. The number of carbonyl (C=O) groups excluding carboxylic acids is 3. The Morgan fingerprint density at radius 1 is 1.17 bits per heavy atom. The second-order valence-electron chi connectivity index (χ2n) is 8.54. The van der Waals surface area contributed by atoms with Crippen LogP contribution in [0.1, 0.15) is 54.6 Å². The normalized spacial score (nSPS) is 15.2. The number of nitrogens with two attached hydrogens (primary N) is 1. The molecule has 0 aliphatic carbocycles. The number of rotatable bonds is 11. The van der Waals surface area contributed by atoms with Crippen LogP contribution >= 0.6 is 0 Å². The van der Waals surface area contributed by atoms with Gasteiger partial charge in [-0.2, -0.15) is 9.97 Å². The van der Waals surface area contributed by atoms with Crippen LogP contribution in [0.3, 0.4) is 0 Å². The van der Waals surface area contributed by atoms with Crippen LogP contribution < -0.4 is 16.4 Å². The van der Waals surface area contributed by atoms with Crippen LogP contribution in [0.2, 0.25) is 0 Å². The second-order valence-corrected chi connectivity index (χ2v) is 8.54. The van der Waals surface area contributed by atoms with Gasteiger partial charge in [-0.05, 0) is 63.1 Å². The summed E-state index contributed by atoms with van der Waals surface area (Å²) < 4.78 is 9.93. The molecule has 2 heterocycles. The summed E-state index contributed by atoms with van der Waals surface area (Å²) in [5.41, 5.74) is 7.71. The van der Waals surface area contributed by atoms with E-state index in [1.807, 2.05) is 12.1 Å². The molecule has 0 saturated carbocycles. The molecule has 11 heteroatoms. The lowest BCUT2D eigenvalue weighted by Crippen LogP contribution is -2.42. The first-order valence-electron chi connectivity index (χ1n) is 12.1. The van der Waals surface area contributed by atoms with Gasteiger partial charge in [-0.1, -0.05) is 12.1 Å². The molecule has 0 bridgehead atoms. The third-order valence-electron chi connectivity index (χ3n) is 5.93. The Morgan fingerprint density at radius 2 is 1.89 bits per heavy atom. The lowest BCUT2D eigenvalue weighted by atomic mass is 9.90. The Morgan fingerprint density at radius 3 is 2.58 bits per heavy atom. The van der Waals surface area contributed by atoms with Crippen molar-refractivity contribution >= 4 is 29.6 Å². The summed E-state index contributed by atoms with van der Waals surface area (Å²) in [6, 6.07) is 6.21. The molecule has 2 atom stereocenters. The van der Waals surface area contributed by atoms with Crippen LogP contribution in [0.15, 0.2) is 24.3 Å². The van der Waals surface area contributed by atoms with Crippen molar-refractivity contribution in [1.82, 2.24) is 15.3 Å². The van der Waals surface area contributed by atoms with Gasteiger partial charge in [0.05, 0.1) is 18.8 Å². The number of nitrogen functional groups attached to an aromatic ring is 1. The molecule has 1 aromatic heterocycles. The first-order chi connectivity index (χ1) is 17.3. The van der Waals surface area contributed by atoms with E-state index in [4.69, 9.17) is 15.2 Å². The second kappa shape index (κ2) is 12.7. The molecular formula is C25H33N5O6. The van der Waals surface area contributed by atoms with Crippen LogP contribution in [-0.4, -0.2) is 58.7 Å². The summed E-state index contributed by atoms with van der Waals surface area (Å²) in [4.78, 5) is 44.6. The maximum absolute atomic E-state index is 12.7. The summed E-state index contributed by atoms with van der Waals surface area (Å²) >= 11 is 0. The van der Waals surface area contributed by atoms with E-state index in [1.165, 1.54) is 0 Å². The Balaban J connectivity index is 1.54. The third kappa shape index (κ3) is 7.30.